The van der Waals surface area contributed by atoms with Crippen molar-refractivity contribution < 1.29 is 23.0 Å². The van der Waals surface area contributed by atoms with Crippen molar-refractivity contribution in [2.75, 3.05) is 7.11 Å². The van der Waals surface area contributed by atoms with Crippen LogP contribution in [-0.4, -0.2) is 18.3 Å². The van der Waals surface area contributed by atoms with E-state index in [-0.39, 0.29) is 5.56 Å². The summed E-state index contributed by atoms with van der Waals surface area (Å²) in [6, 6.07) is 1.77. The molecule has 1 rings (SSSR count). The molecule has 5 heteroatoms. The minimum atomic E-state index is -1.73. The molecule has 16 heavy (non-hydrogen) atoms. The van der Waals surface area contributed by atoms with Crippen LogP contribution in [0.1, 0.15) is 19.4 Å². The van der Waals surface area contributed by atoms with Gasteiger partial charge in [0.1, 0.15) is 5.60 Å². The summed E-state index contributed by atoms with van der Waals surface area (Å²) in [7, 11) is 1.33. The van der Waals surface area contributed by atoms with Gasteiger partial charge in [0.15, 0.2) is 17.5 Å². The van der Waals surface area contributed by atoms with Crippen LogP contribution < -0.4 is 0 Å². The summed E-state index contributed by atoms with van der Waals surface area (Å²) in [6.45, 7) is 2.78. The van der Waals surface area contributed by atoms with E-state index in [0.717, 1.165) is 12.1 Å². The quantitative estimate of drug-likeness (QED) is 0.813. The van der Waals surface area contributed by atoms with E-state index in [0.29, 0.717) is 0 Å². The highest BCUT2D eigenvalue weighted by atomic mass is 19.2. The van der Waals surface area contributed by atoms with Gasteiger partial charge in [0.2, 0.25) is 0 Å². The number of ether oxygens (including phenoxy) is 1. The topological polar surface area (TPSA) is 29.5 Å². The van der Waals surface area contributed by atoms with E-state index < -0.39 is 29.2 Å². The molecule has 0 aliphatic rings. The molecule has 90 valence electrons. The first-order valence-corrected chi connectivity index (χ1v) is 4.71. The molecule has 0 saturated heterocycles. The van der Waals surface area contributed by atoms with Gasteiger partial charge in [0, 0.05) is 12.7 Å². The summed E-state index contributed by atoms with van der Waals surface area (Å²) in [6.07, 6.45) is -0.758. The summed E-state index contributed by atoms with van der Waals surface area (Å²) in [5, 5.41) is 10.00. The third-order valence-electron chi connectivity index (χ3n) is 2.73. The second-order valence-electron chi connectivity index (χ2n) is 3.75. The number of aliphatic hydroxyl groups is 1. The van der Waals surface area contributed by atoms with Crippen molar-refractivity contribution in [3.05, 3.63) is 35.1 Å². The Morgan fingerprint density at radius 1 is 1.25 bits per heavy atom. The first-order valence-electron chi connectivity index (χ1n) is 4.71. The van der Waals surface area contributed by atoms with Crippen LogP contribution in [0.4, 0.5) is 13.2 Å². The third kappa shape index (κ3) is 2.05. The van der Waals surface area contributed by atoms with E-state index in [1.54, 1.807) is 0 Å². The van der Waals surface area contributed by atoms with Gasteiger partial charge in [0.05, 0.1) is 6.10 Å². The largest absolute Gasteiger partial charge is 0.383 e. The summed E-state index contributed by atoms with van der Waals surface area (Å²) < 4.78 is 44.0. The van der Waals surface area contributed by atoms with Crippen LogP contribution in [0, 0.1) is 17.5 Å². The molecule has 0 aliphatic carbocycles. The fourth-order valence-electron chi connectivity index (χ4n) is 1.37. The first-order chi connectivity index (χ1) is 7.32. The fourth-order valence-corrected chi connectivity index (χ4v) is 1.37. The van der Waals surface area contributed by atoms with E-state index in [2.05, 4.69) is 0 Å². The zero-order valence-electron chi connectivity index (χ0n) is 9.22. The van der Waals surface area contributed by atoms with E-state index in [1.165, 1.54) is 21.0 Å². The Morgan fingerprint density at radius 3 is 2.31 bits per heavy atom. The van der Waals surface area contributed by atoms with Crippen molar-refractivity contribution in [1.29, 1.82) is 0 Å². The van der Waals surface area contributed by atoms with Gasteiger partial charge in [-0.3, -0.25) is 0 Å². The SMILES string of the molecule is COC(C)C(C)(O)c1ccc(F)c(F)c1F. The summed E-state index contributed by atoms with van der Waals surface area (Å²) in [5.74, 6) is -4.28. The van der Waals surface area contributed by atoms with Gasteiger partial charge in [-0.05, 0) is 26.0 Å². The maximum absolute atomic E-state index is 13.4. The number of hydrogen-bond acceptors (Lipinski definition) is 2. The summed E-state index contributed by atoms with van der Waals surface area (Å²) in [5.41, 5.74) is -2.06. The Morgan fingerprint density at radius 2 is 1.81 bits per heavy atom. The monoisotopic (exact) mass is 234 g/mol. The molecule has 2 unspecified atom stereocenters. The molecule has 0 radical (unpaired) electrons. The lowest BCUT2D eigenvalue weighted by molar-refractivity contribution is -0.0794. The van der Waals surface area contributed by atoms with Crippen LogP contribution in [0.15, 0.2) is 12.1 Å². The highest BCUT2D eigenvalue weighted by Crippen LogP contribution is 2.30. The smallest absolute Gasteiger partial charge is 0.194 e. The molecule has 2 atom stereocenters. The molecule has 1 N–H and O–H groups in total. The average molecular weight is 234 g/mol. The summed E-state index contributed by atoms with van der Waals surface area (Å²) >= 11 is 0. The van der Waals surface area contributed by atoms with Gasteiger partial charge >= 0.3 is 0 Å². The van der Waals surface area contributed by atoms with Gasteiger partial charge in [0.25, 0.3) is 0 Å². The number of methoxy groups -OCH3 is 1. The molecule has 2 nitrogen and oxygen atoms in total. The van der Waals surface area contributed by atoms with Crippen molar-refractivity contribution >= 4 is 0 Å². The predicted molar refractivity (Wildman–Crippen MR) is 52.4 cm³/mol. The molecular formula is C11H13F3O2. The van der Waals surface area contributed by atoms with Crippen LogP contribution in [-0.2, 0) is 10.3 Å². The normalized spacial score (nSPS) is 16.9. The zero-order valence-corrected chi connectivity index (χ0v) is 9.22. The van der Waals surface area contributed by atoms with E-state index >= 15 is 0 Å². The maximum Gasteiger partial charge on any atom is 0.194 e. The van der Waals surface area contributed by atoms with Crippen LogP contribution in [0.25, 0.3) is 0 Å². The molecule has 0 aliphatic heterocycles. The molecule has 0 amide bonds. The summed E-state index contributed by atoms with van der Waals surface area (Å²) in [4.78, 5) is 0. The fraction of sp³-hybridized carbons (Fsp3) is 0.455. The highest BCUT2D eigenvalue weighted by Gasteiger charge is 2.35. The Hall–Kier alpha value is -1.07. The average Bonchev–Trinajstić information content (AvgIpc) is 2.24. The number of halogens is 3. The zero-order chi connectivity index (χ0) is 12.5. The van der Waals surface area contributed by atoms with Gasteiger partial charge in [-0.15, -0.1) is 0 Å². The second kappa shape index (κ2) is 4.43. The molecule has 0 aromatic heterocycles. The van der Waals surface area contributed by atoms with Crippen LogP contribution >= 0.6 is 0 Å². The number of hydrogen-bond donors (Lipinski definition) is 1. The van der Waals surface area contributed by atoms with Crippen molar-refractivity contribution in [3.63, 3.8) is 0 Å². The van der Waals surface area contributed by atoms with Gasteiger partial charge in [-0.1, -0.05) is 0 Å². The highest BCUT2D eigenvalue weighted by molar-refractivity contribution is 5.26. The molecule has 0 saturated carbocycles. The minimum Gasteiger partial charge on any atom is -0.383 e. The Balaban J connectivity index is 3.29. The second-order valence-corrected chi connectivity index (χ2v) is 3.75. The van der Waals surface area contributed by atoms with Crippen molar-refractivity contribution in [3.8, 4) is 0 Å². The molecular weight excluding hydrogens is 221 g/mol. The van der Waals surface area contributed by atoms with Gasteiger partial charge in [-0.2, -0.15) is 0 Å². The molecule has 0 spiro atoms. The lowest BCUT2D eigenvalue weighted by atomic mass is 9.90. The van der Waals surface area contributed by atoms with Crippen LogP contribution in [0.2, 0.25) is 0 Å². The molecule has 0 heterocycles. The Labute approximate surface area is 91.7 Å². The van der Waals surface area contributed by atoms with Crippen LogP contribution in [0.3, 0.4) is 0 Å². The molecule has 1 aromatic carbocycles. The first kappa shape index (κ1) is 13.0. The lowest BCUT2D eigenvalue weighted by Gasteiger charge is -2.30. The Bertz CT molecular complexity index is 391. The van der Waals surface area contributed by atoms with Crippen LogP contribution in [0.5, 0.6) is 0 Å². The van der Waals surface area contributed by atoms with E-state index in [1.807, 2.05) is 0 Å². The predicted octanol–water partition coefficient (Wildman–Crippen LogP) is 2.35. The van der Waals surface area contributed by atoms with Crippen molar-refractivity contribution in [1.82, 2.24) is 0 Å². The standard InChI is InChI=1S/C11H13F3O2/c1-6(16-3)11(2,15)7-4-5-8(12)10(14)9(7)13/h4-6,15H,1-3H3. The molecule has 1 aromatic rings. The number of rotatable bonds is 3. The van der Waals surface area contributed by atoms with Gasteiger partial charge < -0.3 is 9.84 Å². The lowest BCUT2D eigenvalue weighted by Crippen LogP contribution is -2.36. The van der Waals surface area contributed by atoms with E-state index in [9.17, 15) is 18.3 Å². The molecule has 0 fully saturated rings. The third-order valence-corrected chi connectivity index (χ3v) is 2.73. The van der Waals surface area contributed by atoms with Crippen molar-refractivity contribution in [2.24, 2.45) is 0 Å². The number of benzene rings is 1. The van der Waals surface area contributed by atoms with E-state index in [4.69, 9.17) is 4.74 Å². The maximum atomic E-state index is 13.4. The van der Waals surface area contributed by atoms with Gasteiger partial charge in [-0.25, -0.2) is 13.2 Å². The minimum absolute atomic E-state index is 0.333. The molecule has 0 bridgehead atoms. The van der Waals surface area contributed by atoms with Crippen molar-refractivity contribution in [2.45, 2.75) is 25.6 Å². The Kier molecular flexibility index (Phi) is 3.60.